The largest absolute Gasteiger partial charge is 0.451 e. The van der Waals surface area contributed by atoms with Gasteiger partial charge in [-0.15, -0.1) is 0 Å². The molecule has 2 rings (SSSR count). The topological polar surface area (TPSA) is 102 Å². The van der Waals surface area contributed by atoms with E-state index >= 15 is 0 Å². The minimum Gasteiger partial charge on any atom is -0.451 e. The molecule has 0 saturated carbocycles. The number of carbonyl (C=O) groups is 4. The molecule has 1 atom stereocenters. The first kappa shape index (κ1) is 20.2. The average Bonchev–Trinajstić information content (AvgIpc) is 2.80. The smallest absolute Gasteiger partial charge is 0.326 e. The predicted molar refractivity (Wildman–Crippen MR) is 92.3 cm³/mol. The zero-order valence-electron chi connectivity index (χ0n) is 14.0. The van der Waals surface area contributed by atoms with Gasteiger partial charge in [-0.3, -0.25) is 24.1 Å². The Kier molecular flexibility index (Phi) is 6.57. The molecule has 0 spiro atoms. The fraction of sp³-hybridized carbons (Fsp3) is 0.375. The maximum atomic E-state index is 12.3. The van der Waals surface area contributed by atoms with Crippen molar-refractivity contribution in [2.24, 2.45) is 0 Å². The number of halogens is 2. The van der Waals surface area contributed by atoms with Crippen molar-refractivity contribution in [3.05, 3.63) is 33.3 Å². The van der Waals surface area contributed by atoms with E-state index < -0.39 is 36.3 Å². The summed E-state index contributed by atoms with van der Waals surface area (Å²) in [5.74, 6) is -2.78. The first-order chi connectivity index (χ1) is 12.3. The Morgan fingerprint density at radius 3 is 2.19 bits per heavy atom. The molecule has 10 heteroatoms. The van der Waals surface area contributed by atoms with Crippen LogP contribution in [0.4, 0.5) is 0 Å². The van der Waals surface area contributed by atoms with Gasteiger partial charge < -0.3 is 14.8 Å². The molecule has 1 N–H and O–H groups in total. The van der Waals surface area contributed by atoms with Crippen molar-refractivity contribution in [2.75, 3.05) is 26.8 Å². The molecule has 0 bridgehead atoms. The molecule has 140 valence electrons. The van der Waals surface area contributed by atoms with Crippen LogP contribution in [-0.2, 0) is 19.1 Å². The Labute approximate surface area is 159 Å². The van der Waals surface area contributed by atoms with Gasteiger partial charge in [0, 0.05) is 13.7 Å². The molecule has 26 heavy (non-hydrogen) atoms. The minimum absolute atomic E-state index is 0.0579. The number of fused-ring (bicyclic) bond motifs is 1. The maximum Gasteiger partial charge on any atom is 0.326 e. The van der Waals surface area contributed by atoms with Crippen LogP contribution in [0, 0.1) is 0 Å². The Hall–Kier alpha value is -2.16. The molecule has 0 saturated heterocycles. The van der Waals surface area contributed by atoms with Crippen molar-refractivity contribution in [3.8, 4) is 0 Å². The molecular weight excluding hydrogens is 387 g/mol. The van der Waals surface area contributed by atoms with Gasteiger partial charge in [-0.25, -0.2) is 0 Å². The summed E-state index contributed by atoms with van der Waals surface area (Å²) in [5, 5.41) is 2.75. The SMILES string of the molecule is COCCNC(=O)[C@H](C)OC(=O)CN1C(=O)c2cc(Cl)c(Cl)cc2C1=O. The molecule has 1 aliphatic heterocycles. The zero-order valence-corrected chi connectivity index (χ0v) is 15.5. The van der Waals surface area contributed by atoms with Crippen LogP contribution in [0.25, 0.3) is 0 Å². The second-order valence-corrected chi connectivity index (χ2v) is 6.24. The number of rotatable bonds is 7. The maximum absolute atomic E-state index is 12.3. The lowest BCUT2D eigenvalue weighted by Gasteiger charge is -2.16. The van der Waals surface area contributed by atoms with Crippen molar-refractivity contribution < 1.29 is 28.7 Å². The fourth-order valence-electron chi connectivity index (χ4n) is 2.26. The summed E-state index contributed by atoms with van der Waals surface area (Å²) in [6, 6.07) is 2.55. The number of nitrogens with one attached hydrogen (secondary N) is 1. The lowest BCUT2D eigenvalue weighted by atomic mass is 10.1. The highest BCUT2D eigenvalue weighted by molar-refractivity contribution is 6.43. The number of carbonyl (C=O) groups excluding carboxylic acids is 4. The van der Waals surface area contributed by atoms with E-state index in [0.717, 1.165) is 4.90 Å². The van der Waals surface area contributed by atoms with Gasteiger partial charge in [0.15, 0.2) is 6.10 Å². The van der Waals surface area contributed by atoms with Crippen LogP contribution in [0.15, 0.2) is 12.1 Å². The van der Waals surface area contributed by atoms with Crippen LogP contribution in [0.5, 0.6) is 0 Å². The minimum atomic E-state index is -1.08. The normalized spacial score (nSPS) is 14.2. The number of ether oxygens (including phenoxy) is 2. The zero-order chi connectivity index (χ0) is 19.4. The van der Waals surface area contributed by atoms with Crippen LogP contribution in [0.2, 0.25) is 10.0 Å². The van der Waals surface area contributed by atoms with E-state index in [0.29, 0.717) is 6.61 Å². The third-order valence-electron chi connectivity index (χ3n) is 3.58. The van der Waals surface area contributed by atoms with Gasteiger partial charge in [-0.05, 0) is 19.1 Å². The number of hydrogen-bond acceptors (Lipinski definition) is 6. The second-order valence-electron chi connectivity index (χ2n) is 5.42. The van der Waals surface area contributed by atoms with E-state index in [1.54, 1.807) is 0 Å². The number of esters is 1. The predicted octanol–water partition coefficient (Wildman–Crippen LogP) is 1.28. The fourth-order valence-corrected chi connectivity index (χ4v) is 2.59. The lowest BCUT2D eigenvalue weighted by Crippen LogP contribution is -2.41. The molecule has 0 unspecified atom stereocenters. The molecule has 0 fully saturated rings. The molecule has 0 radical (unpaired) electrons. The van der Waals surface area contributed by atoms with E-state index in [1.165, 1.54) is 26.2 Å². The van der Waals surface area contributed by atoms with Crippen molar-refractivity contribution in [3.63, 3.8) is 0 Å². The highest BCUT2D eigenvalue weighted by Crippen LogP contribution is 2.31. The van der Waals surface area contributed by atoms with Gasteiger partial charge >= 0.3 is 5.97 Å². The van der Waals surface area contributed by atoms with E-state index in [9.17, 15) is 19.2 Å². The van der Waals surface area contributed by atoms with Crippen molar-refractivity contribution in [2.45, 2.75) is 13.0 Å². The van der Waals surface area contributed by atoms with Gasteiger partial charge in [0.1, 0.15) is 6.54 Å². The highest BCUT2D eigenvalue weighted by atomic mass is 35.5. The lowest BCUT2D eigenvalue weighted by molar-refractivity contribution is -0.155. The van der Waals surface area contributed by atoms with E-state index in [2.05, 4.69) is 5.32 Å². The Morgan fingerprint density at radius 1 is 1.15 bits per heavy atom. The molecule has 1 aliphatic rings. The van der Waals surface area contributed by atoms with E-state index in [4.69, 9.17) is 32.7 Å². The average molecular weight is 403 g/mol. The number of imide groups is 1. The van der Waals surface area contributed by atoms with Gasteiger partial charge in [0.25, 0.3) is 17.7 Å². The summed E-state index contributed by atoms with van der Waals surface area (Å²) >= 11 is 11.7. The second kappa shape index (κ2) is 8.48. The van der Waals surface area contributed by atoms with Crippen molar-refractivity contribution in [1.29, 1.82) is 0 Å². The molecule has 0 aromatic heterocycles. The molecule has 3 amide bonds. The summed E-state index contributed by atoms with van der Waals surface area (Å²) in [6.07, 6.45) is -1.08. The first-order valence-electron chi connectivity index (χ1n) is 7.57. The summed E-state index contributed by atoms with van der Waals surface area (Å²) in [7, 11) is 1.48. The number of hydrogen-bond donors (Lipinski definition) is 1. The van der Waals surface area contributed by atoms with Gasteiger partial charge in [0.05, 0.1) is 27.8 Å². The summed E-state index contributed by atoms with van der Waals surface area (Å²) < 4.78 is 9.75. The molecule has 0 aliphatic carbocycles. The monoisotopic (exact) mass is 402 g/mol. The van der Waals surface area contributed by atoms with Crippen molar-refractivity contribution in [1.82, 2.24) is 10.2 Å². The Morgan fingerprint density at radius 2 is 1.69 bits per heavy atom. The molecule has 1 aromatic rings. The Balaban J connectivity index is 1.98. The van der Waals surface area contributed by atoms with Crippen LogP contribution in [-0.4, -0.2) is 61.5 Å². The molecule has 1 aromatic carbocycles. The van der Waals surface area contributed by atoms with E-state index in [-0.39, 0.29) is 27.7 Å². The molecule has 8 nitrogen and oxygen atoms in total. The van der Waals surface area contributed by atoms with Crippen molar-refractivity contribution >= 4 is 46.9 Å². The van der Waals surface area contributed by atoms with Gasteiger partial charge in [0.2, 0.25) is 0 Å². The quantitative estimate of drug-likeness (QED) is 0.418. The van der Waals surface area contributed by atoms with Gasteiger partial charge in [-0.2, -0.15) is 0 Å². The van der Waals surface area contributed by atoms with Crippen LogP contribution in [0.3, 0.4) is 0 Å². The summed E-state index contributed by atoms with van der Waals surface area (Å²) in [4.78, 5) is 49.1. The standard InChI is InChI=1S/C16H16Cl2N2O6/c1-8(14(22)19-3-4-25-2)26-13(21)7-20-15(23)9-5-11(17)12(18)6-10(9)16(20)24/h5-6,8H,3-4,7H2,1-2H3,(H,19,22)/t8-/m0/s1. The first-order valence-corrected chi connectivity index (χ1v) is 8.33. The number of nitrogens with zero attached hydrogens (tertiary/aromatic N) is 1. The van der Waals surface area contributed by atoms with Crippen LogP contribution in [0.1, 0.15) is 27.6 Å². The third-order valence-corrected chi connectivity index (χ3v) is 4.30. The third kappa shape index (κ3) is 4.32. The highest BCUT2D eigenvalue weighted by Gasteiger charge is 2.38. The number of benzene rings is 1. The van der Waals surface area contributed by atoms with Gasteiger partial charge in [-0.1, -0.05) is 23.2 Å². The molecule has 1 heterocycles. The summed E-state index contributed by atoms with van der Waals surface area (Å²) in [5.41, 5.74) is 0.116. The molecular formula is C16H16Cl2N2O6. The number of amides is 3. The van der Waals surface area contributed by atoms with E-state index in [1.807, 2.05) is 0 Å². The summed E-state index contributed by atoms with van der Waals surface area (Å²) in [6.45, 7) is 1.32. The number of methoxy groups -OCH3 is 1. The van der Waals surface area contributed by atoms with Crippen LogP contribution >= 0.6 is 23.2 Å². The Bertz CT molecular complexity index is 726. The van der Waals surface area contributed by atoms with Crippen LogP contribution < -0.4 is 5.32 Å².